The van der Waals surface area contributed by atoms with Gasteiger partial charge in [-0.3, -0.25) is 0 Å². The Hall–Kier alpha value is -1.29. The van der Waals surface area contributed by atoms with Gasteiger partial charge in [-0.15, -0.1) is 0 Å². The fourth-order valence-electron chi connectivity index (χ4n) is 1.29. The number of hydrogen-bond acceptors (Lipinski definition) is 3. The molecule has 78 valence electrons. The first-order valence-corrected chi connectivity index (χ1v) is 5.42. The molecule has 15 heavy (non-hydrogen) atoms. The number of anilines is 1. The lowest BCUT2D eigenvalue weighted by molar-refractivity contribution is 0.511. The molecule has 0 saturated carbocycles. The van der Waals surface area contributed by atoms with Crippen LogP contribution in [0, 0.1) is 6.92 Å². The van der Waals surface area contributed by atoms with Crippen LogP contribution in [0.3, 0.4) is 0 Å². The monoisotopic (exact) mass is 266 g/mol. The summed E-state index contributed by atoms with van der Waals surface area (Å²) < 4.78 is 6.19. The van der Waals surface area contributed by atoms with Gasteiger partial charge in [0.2, 0.25) is 0 Å². The summed E-state index contributed by atoms with van der Waals surface area (Å²) in [5.41, 5.74) is 2.28. The first kappa shape index (κ1) is 10.2. The van der Waals surface area contributed by atoms with Crippen LogP contribution in [0.25, 0.3) is 0 Å². The Bertz CT molecular complexity index is 440. The van der Waals surface area contributed by atoms with E-state index in [2.05, 4.69) is 45.3 Å². The summed E-state index contributed by atoms with van der Waals surface area (Å²) >= 11 is 3.49. The van der Waals surface area contributed by atoms with E-state index in [4.69, 9.17) is 4.42 Å². The van der Waals surface area contributed by atoms with E-state index in [0.717, 1.165) is 15.9 Å². The maximum absolute atomic E-state index is 5.14. The van der Waals surface area contributed by atoms with E-state index in [0.29, 0.717) is 6.54 Å². The fraction of sp³-hybridized carbons (Fsp3) is 0.182. The summed E-state index contributed by atoms with van der Waals surface area (Å²) in [6, 6.07) is 6.17. The molecule has 0 atom stereocenters. The summed E-state index contributed by atoms with van der Waals surface area (Å²) in [5.74, 6) is 0.823. The zero-order valence-electron chi connectivity index (χ0n) is 8.33. The zero-order chi connectivity index (χ0) is 10.7. The summed E-state index contributed by atoms with van der Waals surface area (Å²) in [6.07, 6.45) is 3.14. The largest absolute Gasteiger partial charge is 0.447 e. The Kier molecular flexibility index (Phi) is 3.06. The molecule has 0 aliphatic rings. The number of oxazole rings is 1. The Morgan fingerprint density at radius 3 is 3.07 bits per heavy atom. The third kappa shape index (κ3) is 2.59. The number of nitrogens with zero attached hydrogens (tertiary/aromatic N) is 1. The molecule has 0 bridgehead atoms. The fourth-order valence-corrected chi connectivity index (χ4v) is 1.67. The van der Waals surface area contributed by atoms with Crippen LogP contribution in [-0.4, -0.2) is 4.98 Å². The van der Waals surface area contributed by atoms with Gasteiger partial charge in [-0.2, -0.15) is 0 Å². The highest BCUT2D eigenvalue weighted by Crippen LogP contribution is 2.23. The number of hydrogen-bond donors (Lipinski definition) is 1. The number of rotatable bonds is 3. The van der Waals surface area contributed by atoms with E-state index in [1.807, 2.05) is 6.07 Å². The molecule has 0 radical (unpaired) electrons. The number of aryl methyl sites for hydroxylation is 1. The molecule has 0 unspecified atom stereocenters. The summed E-state index contributed by atoms with van der Waals surface area (Å²) in [4.78, 5) is 3.86. The third-order valence-electron chi connectivity index (χ3n) is 2.06. The lowest BCUT2D eigenvalue weighted by Gasteiger charge is -2.07. The summed E-state index contributed by atoms with van der Waals surface area (Å²) in [6.45, 7) is 2.70. The molecule has 0 fully saturated rings. The van der Waals surface area contributed by atoms with E-state index < -0.39 is 0 Å². The van der Waals surface area contributed by atoms with Gasteiger partial charge in [-0.25, -0.2) is 4.98 Å². The first-order chi connectivity index (χ1) is 7.25. The second kappa shape index (κ2) is 4.49. The van der Waals surface area contributed by atoms with Crippen molar-refractivity contribution in [2.24, 2.45) is 0 Å². The highest BCUT2D eigenvalue weighted by atomic mass is 79.9. The lowest BCUT2D eigenvalue weighted by Crippen LogP contribution is -1.99. The summed E-state index contributed by atoms with van der Waals surface area (Å²) in [7, 11) is 0. The predicted octanol–water partition coefficient (Wildman–Crippen LogP) is 3.36. The normalized spacial score (nSPS) is 10.3. The Morgan fingerprint density at radius 2 is 2.33 bits per heavy atom. The van der Waals surface area contributed by atoms with Crippen molar-refractivity contribution in [2.45, 2.75) is 13.5 Å². The van der Waals surface area contributed by atoms with Gasteiger partial charge in [0.1, 0.15) is 5.76 Å². The van der Waals surface area contributed by atoms with E-state index in [9.17, 15) is 0 Å². The quantitative estimate of drug-likeness (QED) is 0.926. The van der Waals surface area contributed by atoms with Crippen LogP contribution in [0.15, 0.2) is 39.7 Å². The zero-order valence-corrected chi connectivity index (χ0v) is 9.91. The number of halogens is 1. The maximum Gasteiger partial charge on any atom is 0.180 e. The van der Waals surface area contributed by atoms with Gasteiger partial charge in [0.05, 0.1) is 12.7 Å². The molecule has 0 spiro atoms. The SMILES string of the molecule is Cc1ccc(Br)c(NCc2cnco2)c1. The number of nitrogens with one attached hydrogen (secondary N) is 1. The van der Waals surface area contributed by atoms with Crippen LogP contribution in [0.1, 0.15) is 11.3 Å². The smallest absolute Gasteiger partial charge is 0.180 e. The van der Waals surface area contributed by atoms with Crippen LogP contribution in [0.5, 0.6) is 0 Å². The van der Waals surface area contributed by atoms with Gasteiger partial charge in [-0.05, 0) is 40.5 Å². The molecule has 1 heterocycles. The second-order valence-electron chi connectivity index (χ2n) is 3.30. The highest BCUT2D eigenvalue weighted by Gasteiger charge is 2.01. The summed E-state index contributed by atoms with van der Waals surface area (Å²) in [5, 5.41) is 3.28. The predicted molar refractivity (Wildman–Crippen MR) is 62.7 cm³/mol. The Balaban J connectivity index is 2.07. The van der Waals surface area contributed by atoms with Crippen molar-refractivity contribution in [1.29, 1.82) is 0 Å². The number of aromatic nitrogens is 1. The molecule has 1 N–H and O–H groups in total. The van der Waals surface area contributed by atoms with Crippen LogP contribution in [-0.2, 0) is 6.54 Å². The van der Waals surface area contributed by atoms with Crippen molar-refractivity contribution in [3.8, 4) is 0 Å². The van der Waals surface area contributed by atoms with Crippen LogP contribution >= 0.6 is 15.9 Å². The van der Waals surface area contributed by atoms with Crippen LogP contribution in [0.2, 0.25) is 0 Å². The van der Waals surface area contributed by atoms with Crippen molar-refractivity contribution < 1.29 is 4.42 Å². The van der Waals surface area contributed by atoms with Gasteiger partial charge < -0.3 is 9.73 Å². The third-order valence-corrected chi connectivity index (χ3v) is 2.75. The van der Waals surface area contributed by atoms with Gasteiger partial charge in [-0.1, -0.05) is 6.07 Å². The standard InChI is InChI=1S/C11H11BrN2O/c1-8-2-3-10(12)11(4-8)14-6-9-5-13-7-15-9/h2-5,7,14H,6H2,1H3. The van der Waals surface area contributed by atoms with Gasteiger partial charge in [0.25, 0.3) is 0 Å². The molecule has 2 rings (SSSR count). The van der Waals surface area contributed by atoms with Gasteiger partial charge in [0, 0.05) is 10.2 Å². The molecule has 1 aromatic carbocycles. The minimum atomic E-state index is 0.641. The van der Waals surface area contributed by atoms with Crippen molar-refractivity contribution in [1.82, 2.24) is 4.98 Å². The van der Waals surface area contributed by atoms with E-state index in [1.54, 1.807) is 6.20 Å². The van der Waals surface area contributed by atoms with Crippen molar-refractivity contribution in [2.75, 3.05) is 5.32 Å². The molecular formula is C11H11BrN2O. The van der Waals surface area contributed by atoms with Crippen molar-refractivity contribution in [3.05, 3.63) is 46.6 Å². The van der Waals surface area contributed by atoms with E-state index in [-0.39, 0.29) is 0 Å². The van der Waals surface area contributed by atoms with E-state index >= 15 is 0 Å². The number of benzene rings is 1. The molecule has 0 aliphatic carbocycles. The molecule has 0 amide bonds. The van der Waals surface area contributed by atoms with Gasteiger partial charge >= 0.3 is 0 Å². The lowest BCUT2D eigenvalue weighted by atomic mass is 10.2. The minimum absolute atomic E-state index is 0.641. The minimum Gasteiger partial charge on any atom is -0.447 e. The Morgan fingerprint density at radius 1 is 1.47 bits per heavy atom. The average Bonchev–Trinajstić information content (AvgIpc) is 2.72. The topological polar surface area (TPSA) is 38.1 Å². The average molecular weight is 267 g/mol. The maximum atomic E-state index is 5.14. The van der Waals surface area contributed by atoms with E-state index in [1.165, 1.54) is 12.0 Å². The molecule has 2 aromatic rings. The van der Waals surface area contributed by atoms with Crippen LogP contribution < -0.4 is 5.32 Å². The molecule has 4 heteroatoms. The molecular weight excluding hydrogens is 256 g/mol. The molecule has 0 saturated heterocycles. The first-order valence-electron chi connectivity index (χ1n) is 4.63. The Labute approximate surface area is 96.6 Å². The highest BCUT2D eigenvalue weighted by molar-refractivity contribution is 9.10. The van der Waals surface area contributed by atoms with Gasteiger partial charge in [0.15, 0.2) is 6.39 Å². The molecule has 0 aliphatic heterocycles. The molecule has 3 nitrogen and oxygen atoms in total. The van der Waals surface area contributed by atoms with Crippen molar-refractivity contribution >= 4 is 21.6 Å². The van der Waals surface area contributed by atoms with Crippen LogP contribution in [0.4, 0.5) is 5.69 Å². The second-order valence-corrected chi connectivity index (χ2v) is 4.16. The molecule has 1 aromatic heterocycles. The van der Waals surface area contributed by atoms with Crippen molar-refractivity contribution in [3.63, 3.8) is 0 Å².